The van der Waals surface area contributed by atoms with E-state index in [9.17, 15) is 0 Å². The average Bonchev–Trinajstić information content (AvgIpc) is 2.64. The smallest absolute Gasteiger partial charge is 0.0106 e. The maximum atomic E-state index is 5.34. The van der Waals surface area contributed by atoms with Crippen molar-refractivity contribution in [2.75, 3.05) is 6.54 Å². The number of nitrogens with one attached hydrogen (secondary N) is 1. The van der Waals surface area contributed by atoms with Crippen molar-refractivity contribution in [2.45, 2.75) is 66.3 Å². The van der Waals surface area contributed by atoms with E-state index < -0.39 is 0 Å². The highest BCUT2D eigenvalue weighted by Crippen LogP contribution is 2.70. The van der Waals surface area contributed by atoms with Crippen LogP contribution in [0.5, 0.6) is 0 Å². The van der Waals surface area contributed by atoms with Crippen molar-refractivity contribution < 1.29 is 0 Å². The lowest BCUT2D eigenvalue weighted by molar-refractivity contribution is 0.371. The van der Waals surface area contributed by atoms with E-state index in [0.29, 0.717) is 16.9 Å². The summed E-state index contributed by atoms with van der Waals surface area (Å²) in [6.07, 6.45) is 9.84. The molecule has 0 radical (unpaired) electrons. The zero-order valence-electron chi connectivity index (χ0n) is 12.3. The Morgan fingerprint density at radius 1 is 1.24 bits per heavy atom. The van der Waals surface area contributed by atoms with Gasteiger partial charge in [-0.25, -0.2) is 0 Å². The van der Waals surface area contributed by atoms with Crippen molar-refractivity contribution in [1.82, 2.24) is 5.32 Å². The minimum Gasteiger partial charge on any atom is -0.314 e. The van der Waals surface area contributed by atoms with Gasteiger partial charge in [0.05, 0.1) is 0 Å². The summed E-state index contributed by atoms with van der Waals surface area (Å²) in [4.78, 5) is 0. The topological polar surface area (TPSA) is 12.0 Å². The van der Waals surface area contributed by atoms with Gasteiger partial charge < -0.3 is 5.32 Å². The van der Waals surface area contributed by atoms with Crippen molar-refractivity contribution in [2.24, 2.45) is 16.7 Å². The van der Waals surface area contributed by atoms with Gasteiger partial charge in [-0.1, -0.05) is 34.6 Å². The zero-order chi connectivity index (χ0) is 13.1. The largest absolute Gasteiger partial charge is 0.314 e. The molecule has 1 nitrogen and oxygen atoms in total. The van der Waals surface area contributed by atoms with E-state index in [2.05, 4.69) is 45.9 Å². The van der Waals surface area contributed by atoms with Crippen LogP contribution in [0.3, 0.4) is 0 Å². The first kappa shape index (κ1) is 14.6. The Bertz CT molecular complexity index is 268. The molecule has 0 aliphatic heterocycles. The number of rotatable bonds is 7. The minimum absolute atomic E-state index is 0.467. The molecule has 0 aromatic rings. The summed E-state index contributed by atoms with van der Waals surface area (Å²) in [6.45, 7) is 13.0. The molecule has 1 rings (SSSR count). The van der Waals surface area contributed by atoms with Gasteiger partial charge in [-0.05, 0) is 42.6 Å². The molecule has 1 heteroatoms. The highest BCUT2D eigenvalue weighted by molar-refractivity contribution is 5.16. The van der Waals surface area contributed by atoms with Crippen LogP contribution in [0, 0.1) is 29.1 Å². The van der Waals surface area contributed by atoms with Crippen LogP contribution in [-0.4, -0.2) is 12.6 Å². The lowest BCUT2D eigenvalue weighted by Gasteiger charge is -2.20. The van der Waals surface area contributed by atoms with Crippen LogP contribution in [0.15, 0.2) is 0 Å². The summed E-state index contributed by atoms with van der Waals surface area (Å²) in [5, 5.41) is 3.73. The van der Waals surface area contributed by atoms with Gasteiger partial charge in [0.25, 0.3) is 0 Å². The summed E-state index contributed by atoms with van der Waals surface area (Å²) in [5.41, 5.74) is 0.934. The monoisotopic (exact) mass is 235 g/mol. The Morgan fingerprint density at radius 2 is 1.82 bits per heavy atom. The second-order valence-electron chi connectivity index (χ2n) is 6.58. The first-order valence-electron chi connectivity index (χ1n) is 7.06. The summed E-state index contributed by atoms with van der Waals surface area (Å²) in [5.74, 6) is 3.54. The maximum absolute atomic E-state index is 5.34. The third kappa shape index (κ3) is 2.86. The highest BCUT2D eigenvalue weighted by Gasteiger charge is 2.66. The van der Waals surface area contributed by atoms with Gasteiger partial charge in [0.2, 0.25) is 0 Å². The summed E-state index contributed by atoms with van der Waals surface area (Å²) in [7, 11) is 0. The molecule has 1 fully saturated rings. The van der Waals surface area contributed by atoms with E-state index >= 15 is 0 Å². The molecule has 98 valence electrons. The highest BCUT2D eigenvalue weighted by atomic mass is 15.0. The zero-order valence-corrected chi connectivity index (χ0v) is 12.3. The molecule has 1 unspecified atom stereocenters. The molecule has 1 atom stereocenters. The summed E-state index contributed by atoms with van der Waals surface area (Å²) < 4.78 is 0. The number of hydrogen-bond acceptors (Lipinski definition) is 1. The SMILES string of the molecule is C#CCCCC(NCCC)C1C(C)(C)C1(C)C. The first-order chi connectivity index (χ1) is 7.89. The van der Waals surface area contributed by atoms with Gasteiger partial charge in [0, 0.05) is 12.5 Å². The lowest BCUT2D eigenvalue weighted by atomic mass is 9.98. The third-order valence-electron chi connectivity index (χ3n) is 5.03. The molecule has 0 aromatic heterocycles. The van der Waals surface area contributed by atoms with Crippen LogP contribution in [0.4, 0.5) is 0 Å². The van der Waals surface area contributed by atoms with Crippen LogP contribution in [0.25, 0.3) is 0 Å². The minimum atomic E-state index is 0.467. The van der Waals surface area contributed by atoms with Gasteiger partial charge in [0.15, 0.2) is 0 Å². The average molecular weight is 235 g/mol. The Hall–Kier alpha value is -0.480. The van der Waals surface area contributed by atoms with E-state index in [1.54, 1.807) is 0 Å². The fraction of sp³-hybridized carbons (Fsp3) is 0.875. The second-order valence-corrected chi connectivity index (χ2v) is 6.58. The van der Waals surface area contributed by atoms with Crippen LogP contribution >= 0.6 is 0 Å². The molecular formula is C16H29N. The predicted molar refractivity (Wildman–Crippen MR) is 75.8 cm³/mol. The first-order valence-corrected chi connectivity index (χ1v) is 7.06. The molecule has 0 bridgehead atoms. The Balaban J connectivity index is 2.56. The molecule has 0 heterocycles. The van der Waals surface area contributed by atoms with Crippen LogP contribution in [-0.2, 0) is 0 Å². The van der Waals surface area contributed by atoms with Gasteiger partial charge in [-0.2, -0.15) is 0 Å². The number of hydrogen-bond donors (Lipinski definition) is 1. The van der Waals surface area contributed by atoms with Crippen LogP contribution in [0.2, 0.25) is 0 Å². The van der Waals surface area contributed by atoms with Crippen molar-refractivity contribution in [3.63, 3.8) is 0 Å². The molecule has 1 aliphatic rings. The Labute approximate surface area is 108 Å². The fourth-order valence-electron chi connectivity index (χ4n) is 3.39. The summed E-state index contributed by atoms with van der Waals surface area (Å²) >= 11 is 0. The van der Waals surface area contributed by atoms with E-state index in [4.69, 9.17) is 6.42 Å². The number of unbranched alkanes of at least 4 members (excludes halogenated alkanes) is 1. The standard InChI is InChI=1S/C16H29N/c1-7-9-10-11-13(17-12-8-2)14-15(3,4)16(14,5)6/h1,13-14,17H,8-12H2,2-6H3. The molecule has 17 heavy (non-hydrogen) atoms. The number of terminal acetylenes is 1. The molecule has 1 N–H and O–H groups in total. The molecule has 0 aromatic carbocycles. The predicted octanol–water partition coefficient (Wildman–Crippen LogP) is 3.84. The normalized spacial score (nSPS) is 23.1. The van der Waals surface area contributed by atoms with Crippen molar-refractivity contribution >= 4 is 0 Å². The van der Waals surface area contributed by atoms with E-state index in [0.717, 1.165) is 25.3 Å². The summed E-state index contributed by atoms with van der Waals surface area (Å²) in [6, 6.07) is 0.647. The van der Waals surface area contributed by atoms with Crippen molar-refractivity contribution in [3.8, 4) is 12.3 Å². The quantitative estimate of drug-likeness (QED) is 0.522. The van der Waals surface area contributed by atoms with Crippen LogP contribution in [0.1, 0.15) is 60.3 Å². The molecule has 0 spiro atoms. The van der Waals surface area contributed by atoms with E-state index in [1.807, 2.05) is 0 Å². The molecular weight excluding hydrogens is 206 g/mol. The van der Waals surface area contributed by atoms with Crippen LogP contribution < -0.4 is 5.32 Å². The molecule has 0 saturated heterocycles. The van der Waals surface area contributed by atoms with Gasteiger partial charge in [-0.3, -0.25) is 0 Å². The fourth-order valence-corrected chi connectivity index (χ4v) is 3.39. The van der Waals surface area contributed by atoms with Gasteiger partial charge >= 0.3 is 0 Å². The lowest BCUT2D eigenvalue weighted by Crippen LogP contribution is -2.34. The molecule has 1 saturated carbocycles. The van der Waals surface area contributed by atoms with Gasteiger partial charge in [-0.15, -0.1) is 12.3 Å². The van der Waals surface area contributed by atoms with E-state index in [1.165, 1.54) is 12.8 Å². The van der Waals surface area contributed by atoms with Crippen molar-refractivity contribution in [1.29, 1.82) is 0 Å². The Kier molecular flexibility index (Phi) is 4.67. The third-order valence-corrected chi connectivity index (χ3v) is 5.03. The maximum Gasteiger partial charge on any atom is 0.0106 e. The van der Waals surface area contributed by atoms with E-state index in [-0.39, 0.29) is 0 Å². The Morgan fingerprint density at radius 3 is 2.24 bits per heavy atom. The molecule has 1 aliphatic carbocycles. The van der Waals surface area contributed by atoms with Crippen molar-refractivity contribution in [3.05, 3.63) is 0 Å². The van der Waals surface area contributed by atoms with Gasteiger partial charge in [0.1, 0.15) is 0 Å². The molecule has 0 amide bonds. The second kappa shape index (κ2) is 5.44.